The molecular formula is C16H24N2O3. The lowest BCUT2D eigenvalue weighted by molar-refractivity contribution is -0.238. The lowest BCUT2D eigenvalue weighted by Crippen LogP contribution is -2.68. The number of hydrogen-bond donors (Lipinski definition) is 2. The third-order valence-corrected chi connectivity index (χ3v) is 4.59. The van der Waals surface area contributed by atoms with Crippen LogP contribution in [0.4, 0.5) is 0 Å². The molecule has 0 radical (unpaired) electrons. The number of rotatable bonds is 6. The predicted octanol–water partition coefficient (Wildman–Crippen LogP) is 1.31. The Morgan fingerprint density at radius 1 is 1.48 bits per heavy atom. The molecule has 5 nitrogen and oxygen atoms in total. The van der Waals surface area contributed by atoms with Gasteiger partial charge in [0.15, 0.2) is 0 Å². The van der Waals surface area contributed by atoms with Crippen LogP contribution in [-0.4, -0.2) is 40.9 Å². The molecule has 2 N–H and O–H groups in total. The quantitative estimate of drug-likeness (QED) is 0.829. The first-order chi connectivity index (χ1) is 9.89. The minimum Gasteiger partial charge on any atom is -0.387 e. The molecule has 2 rings (SSSR count). The predicted molar refractivity (Wildman–Crippen MR) is 79.7 cm³/mol. The van der Waals surface area contributed by atoms with Crippen LogP contribution in [0.3, 0.4) is 0 Å². The summed E-state index contributed by atoms with van der Waals surface area (Å²) in [7, 11) is 0. The van der Waals surface area contributed by atoms with Crippen LogP contribution in [0.5, 0.6) is 0 Å². The number of pyridine rings is 1. The molecule has 1 aliphatic rings. The van der Waals surface area contributed by atoms with Crippen molar-refractivity contribution in [2.24, 2.45) is 5.41 Å². The largest absolute Gasteiger partial charge is 0.387 e. The van der Waals surface area contributed by atoms with Crippen molar-refractivity contribution in [1.29, 1.82) is 0 Å². The molecule has 0 bridgehead atoms. The Morgan fingerprint density at radius 3 is 2.71 bits per heavy atom. The Morgan fingerprint density at radius 2 is 2.14 bits per heavy atom. The lowest BCUT2D eigenvalue weighted by Gasteiger charge is -2.57. The fraction of sp³-hybridized carbons (Fsp3) is 0.625. The highest BCUT2D eigenvalue weighted by Gasteiger charge is 2.59. The second-order valence-electron chi connectivity index (χ2n) is 6.21. The van der Waals surface area contributed by atoms with E-state index in [1.165, 1.54) is 0 Å². The first-order valence-electron chi connectivity index (χ1n) is 7.38. The van der Waals surface area contributed by atoms with Crippen molar-refractivity contribution in [1.82, 2.24) is 10.3 Å². The molecule has 2 atom stereocenters. The summed E-state index contributed by atoms with van der Waals surface area (Å²) in [5.74, 6) is -0.0923. The van der Waals surface area contributed by atoms with Crippen LogP contribution in [0.1, 0.15) is 32.8 Å². The Balaban J connectivity index is 1.84. The molecule has 1 aromatic rings. The monoisotopic (exact) mass is 292 g/mol. The summed E-state index contributed by atoms with van der Waals surface area (Å²) in [6.45, 7) is 6.80. The molecule has 1 amide bonds. The molecule has 0 aromatic carbocycles. The van der Waals surface area contributed by atoms with Crippen molar-refractivity contribution >= 4 is 5.91 Å². The number of nitrogens with one attached hydrogen (secondary N) is 1. The van der Waals surface area contributed by atoms with Crippen molar-refractivity contribution in [3.8, 4) is 0 Å². The molecule has 0 aliphatic heterocycles. The van der Waals surface area contributed by atoms with Crippen LogP contribution in [0.2, 0.25) is 0 Å². The van der Waals surface area contributed by atoms with E-state index >= 15 is 0 Å². The third-order valence-electron chi connectivity index (χ3n) is 4.59. The summed E-state index contributed by atoms with van der Waals surface area (Å²) >= 11 is 0. The number of amides is 1. The van der Waals surface area contributed by atoms with Crippen molar-refractivity contribution in [2.45, 2.75) is 45.3 Å². The van der Waals surface area contributed by atoms with Crippen molar-refractivity contribution in [2.75, 3.05) is 13.2 Å². The van der Waals surface area contributed by atoms with E-state index in [4.69, 9.17) is 4.74 Å². The van der Waals surface area contributed by atoms with E-state index in [2.05, 4.69) is 10.3 Å². The molecule has 1 heterocycles. The second-order valence-corrected chi connectivity index (χ2v) is 6.21. The second kappa shape index (κ2) is 6.12. The van der Waals surface area contributed by atoms with Gasteiger partial charge < -0.3 is 15.2 Å². The number of aliphatic hydroxyl groups is 1. The molecule has 21 heavy (non-hydrogen) atoms. The number of aromatic nitrogens is 1. The van der Waals surface area contributed by atoms with Crippen molar-refractivity contribution < 1.29 is 14.6 Å². The van der Waals surface area contributed by atoms with Gasteiger partial charge in [0.25, 0.3) is 0 Å². The minimum absolute atomic E-state index is 0.0459. The SMILES string of the molecule is CCO[C@@H]1C[C@@](O)(CNC(=O)Cc2ccncc2)C1(C)C. The maximum Gasteiger partial charge on any atom is 0.224 e. The van der Waals surface area contributed by atoms with Gasteiger partial charge in [0.05, 0.1) is 18.1 Å². The molecule has 1 aliphatic carbocycles. The van der Waals surface area contributed by atoms with Gasteiger partial charge in [-0.3, -0.25) is 9.78 Å². The zero-order valence-corrected chi connectivity index (χ0v) is 12.9. The van der Waals surface area contributed by atoms with Crippen LogP contribution in [0.25, 0.3) is 0 Å². The summed E-state index contributed by atoms with van der Waals surface area (Å²) in [5, 5.41) is 13.5. The normalized spacial score (nSPS) is 27.0. The van der Waals surface area contributed by atoms with Gasteiger partial charge in [-0.15, -0.1) is 0 Å². The van der Waals surface area contributed by atoms with E-state index in [0.717, 1.165) is 5.56 Å². The highest BCUT2D eigenvalue weighted by Crippen LogP contribution is 2.50. The fourth-order valence-corrected chi connectivity index (χ4v) is 2.76. The van der Waals surface area contributed by atoms with Gasteiger partial charge in [-0.25, -0.2) is 0 Å². The smallest absolute Gasteiger partial charge is 0.224 e. The Kier molecular flexibility index (Phi) is 4.64. The molecule has 1 fully saturated rings. The zero-order valence-electron chi connectivity index (χ0n) is 12.9. The molecule has 116 valence electrons. The van der Waals surface area contributed by atoms with Gasteiger partial charge in [-0.1, -0.05) is 13.8 Å². The molecule has 1 saturated carbocycles. The Labute approximate surface area is 125 Å². The third kappa shape index (κ3) is 3.24. The number of carbonyl (C=O) groups excluding carboxylic acids is 1. The number of nitrogens with zero attached hydrogens (tertiary/aromatic N) is 1. The van der Waals surface area contributed by atoms with Gasteiger partial charge in [0.2, 0.25) is 5.91 Å². The fourth-order valence-electron chi connectivity index (χ4n) is 2.76. The molecule has 0 unspecified atom stereocenters. The number of hydrogen-bond acceptors (Lipinski definition) is 4. The van der Waals surface area contributed by atoms with Gasteiger partial charge in [-0.05, 0) is 24.6 Å². The van der Waals surface area contributed by atoms with E-state index < -0.39 is 5.60 Å². The maximum absolute atomic E-state index is 11.9. The van der Waals surface area contributed by atoms with E-state index in [-0.39, 0.29) is 24.0 Å². The Bertz CT molecular complexity index is 490. The maximum atomic E-state index is 11.9. The van der Waals surface area contributed by atoms with Crippen molar-refractivity contribution in [3.63, 3.8) is 0 Å². The van der Waals surface area contributed by atoms with E-state index in [1.54, 1.807) is 12.4 Å². The number of carbonyl (C=O) groups is 1. The van der Waals surface area contributed by atoms with E-state index in [0.29, 0.717) is 19.4 Å². The molecule has 0 spiro atoms. The summed E-state index contributed by atoms with van der Waals surface area (Å²) in [6, 6.07) is 3.62. The first-order valence-corrected chi connectivity index (χ1v) is 7.38. The summed E-state index contributed by atoms with van der Waals surface area (Å²) < 4.78 is 5.61. The average molecular weight is 292 g/mol. The zero-order chi connectivity index (χ0) is 15.5. The molecular weight excluding hydrogens is 268 g/mol. The van der Waals surface area contributed by atoms with Crippen LogP contribution < -0.4 is 5.32 Å². The highest BCUT2D eigenvalue weighted by atomic mass is 16.5. The summed E-state index contributed by atoms with van der Waals surface area (Å²) in [4.78, 5) is 15.9. The number of ether oxygens (including phenoxy) is 1. The van der Waals surface area contributed by atoms with Gasteiger partial charge in [-0.2, -0.15) is 0 Å². The van der Waals surface area contributed by atoms with Crippen LogP contribution in [0.15, 0.2) is 24.5 Å². The van der Waals surface area contributed by atoms with Gasteiger partial charge in [0.1, 0.15) is 0 Å². The van der Waals surface area contributed by atoms with E-state index in [9.17, 15) is 9.90 Å². The highest BCUT2D eigenvalue weighted by molar-refractivity contribution is 5.78. The molecule has 5 heteroatoms. The standard InChI is InChI=1S/C16H24N2O3/c1-4-21-13-10-16(20,15(13,2)3)11-18-14(19)9-12-5-7-17-8-6-12/h5-8,13,20H,4,9-11H2,1-3H3,(H,18,19)/t13-,16-/m1/s1. The topological polar surface area (TPSA) is 71.5 Å². The van der Waals surface area contributed by atoms with Crippen molar-refractivity contribution in [3.05, 3.63) is 30.1 Å². The molecule has 0 saturated heterocycles. The first kappa shape index (κ1) is 15.9. The summed E-state index contributed by atoms with van der Waals surface area (Å²) in [5.41, 5.74) is -0.345. The van der Waals surface area contributed by atoms with Gasteiger partial charge >= 0.3 is 0 Å². The van der Waals surface area contributed by atoms with Gasteiger partial charge in [0, 0.05) is 37.4 Å². The van der Waals surface area contributed by atoms with Crippen LogP contribution in [0, 0.1) is 5.41 Å². The summed E-state index contributed by atoms with van der Waals surface area (Å²) in [6.07, 6.45) is 4.23. The van der Waals surface area contributed by atoms with Crippen LogP contribution in [-0.2, 0) is 16.0 Å². The minimum atomic E-state index is -0.902. The Hall–Kier alpha value is -1.46. The van der Waals surface area contributed by atoms with E-state index in [1.807, 2.05) is 32.9 Å². The molecule has 1 aromatic heterocycles. The van der Waals surface area contributed by atoms with Crippen LogP contribution >= 0.6 is 0 Å². The lowest BCUT2D eigenvalue weighted by atomic mass is 9.56. The average Bonchev–Trinajstić information content (AvgIpc) is 2.46.